The average Bonchev–Trinajstić information content (AvgIpc) is 3.10. The number of hydrogen-bond acceptors (Lipinski definition) is 5. The standard InChI is InChI=1S/C30H40N2O5S/c1-6-7-8-22-10-13-24(14-11-22)31-38(35,36)26-15-23(12-9-21(26)2)28(34)37-18-27(33)32-20-30(5)17-25(32)16-29(3,4)19-30/h9-15,25,31H,6-8,16-20H2,1-5H3. The SMILES string of the molecule is CCCCc1ccc(NS(=O)(=O)c2cc(C(=O)OCC(=O)N3CC4(C)CC3CC(C)(C)C4)ccc2C)cc1. The van der Waals surface area contributed by atoms with E-state index in [4.69, 9.17) is 4.74 Å². The van der Waals surface area contributed by atoms with Crippen molar-refractivity contribution >= 4 is 27.6 Å². The van der Waals surface area contributed by atoms with Gasteiger partial charge < -0.3 is 9.64 Å². The highest BCUT2D eigenvalue weighted by atomic mass is 32.2. The third-order valence-electron chi connectivity index (χ3n) is 7.80. The largest absolute Gasteiger partial charge is 0.452 e. The van der Waals surface area contributed by atoms with E-state index in [1.807, 2.05) is 17.0 Å². The smallest absolute Gasteiger partial charge is 0.338 e. The lowest BCUT2D eigenvalue weighted by Crippen LogP contribution is -2.39. The Kier molecular flexibility index (Phi) is 7.94. The zero-order valence-corrected chi connectivity index (χ0v) is 24.0. The minimum absolute atomic E-state index is 0.00293. The molecule has 1 aliphatic carbocycles. The van der Waals surface area contributed by atoms with Gasteiger partial charge in [-0.25, -0.2) is 13.2 Å². The topological polar surface area (TPSA) is 92.8 Å². The number of rotatable bonds is 9. The Bertz CT molecular complexity index is 1300. The summed E-state index contributed by atoms with van der Waals surface area (Å²) >= 11 is 0. The molecule has 0 spiro atoms. The molecule has 206 valence electrons. The summed E-state index contributed by atoms with van der Waals surface area (Å²) in [6, 6.07) is 11.9. The lowest BCUT2D eigenvalue weighted by atomic mass is 9.65. The van der Waals surface area contributed by atoms with Crippen molar-refractivity contribution in [3.05, 3.63) is 59.2 Å². The monoisotopic (exact) mass is 540 g/mol. The molecule has 1 amide bonds. The molecular weight excluding hydrogens is 500 g/mol. The van der Waals surface area contributed by atoms with E-state index in [1.165, 1.54) is 12.1 Å². The van der Waals surface area contributed by atoms with Gasteiger partial charge in [0.25, 0.3) is 15.9 Å². The molecule has 2 aromatic carbocycles. The number of anilines is 1. The fourth-order valence-corrected chi connectivity index (χ4v) is 7.72. The minimum Gasteiger partial charge on any atom is -0.452 e. The number of esters is 1. The highest BCUT2D eigenvalue weighted by Crippen LogP contribution is 2.52. The molecule has 8 heteroatoms. The van der Waals surface area contributed by atoms with Crippen LogP contribution in [0.3, 0.4) is 0 Å². The molecular formula is C30H40N2O5S. The van der Waals surface area contributed by atoms with Crippen LogP contribution in [-0.4, -0.2) is 44.4 Å². The number of likely N-dealkylation sites (tertiary alicyclic amines) is 1. The van der Waals surface area contributed by atoms with Crippen molar-refractivity contribution in [1.82, 2.24) is 4.90 Å². The molecule has 1 aliphatic heterocycles. The summed E-state index contributed by atoms with van der Waals surface area (Å²) in [4.78, 5) is 27.7. The molecule has 1 saturated carbocycles. The number of aryl methyl sites for hydroxylation is 2. The first kappa shape index (κ1) is 28.1. The van der Waals surface area contributed by atoms with Crippen LogP contribution in [0.5, 0.6) is 0 Å². The molecule has 2 atom stereocenters. The molecule has 1 saturated heterocycles. The van der Waals surface area contributed by atoms with E-state index in [-0.39, 0.29) is 39.8 Å². The molecule has 0 aromatic heterocycles. The van der Waals surface area contributed by atoms with Gasteiger partial charge in [-0.1, -0.05) is 52.3 Å². The lowest BCUT2D eigenvalue weighted by Gasteiger charge is -2.39. The van der Waals surface area contributed by atoms with Gasteiger partial charge in [-0.2, -0.15) is 0 Å². The van der Waals surface area contributed by atoms with Gasteiger partial charge >= 0.3 is 5.97 Å². The number of sulfonamides is 1. The van der Waals surface area contributed by atoms with E-state index >= 15 is 0 Å². The molecule has 2 bridgehead atoms. The number of carbonyl (C=O) groups is 2. The van der Waals surface area contributed by atoms with Gasteiger partial charge in [0, 0.05) is 18.3 Å². The molecule has 0 radical (unpaired) electrons. The first-order chi connectivity index (χ1) is 17.8. The summed E-state index contributed by atoms with van der Waals surface area (Å²) in [5.41, 5.74) is 2.47. The van der Waals surface area contributed by atoms with Crippen LogP contribution in [0.2, 0.25) is 0 Å². The van der Waals surface area contributed by atoms with Crippen LogP contribution in [0.4, 0.5) is 5.69 Å². The summed E-state index contributed by atoms with van der Waals surface area (Å²) in [5, 5.41) is 0. The second-order valence-electron chi connectivity index (χ2n) is 12.2. The average molecular weight is 541 g/mol. The summed E-state index contributed by atoms with van der Waals surface area (Å²) in [6.07, 6.45) is 6.11. The number of ether oxygens (including phenoxy) is 1. The summed E-state index contributed by atoms with van der Waals surface area (Å²) in [6.45, 7) is 10.8. The van der Waals surface area contributed by atoms with Crippen LogP contribution in [0.15, 0.2) is 47.4 Å². The highest BCUT2D eigenvalue weighted by Gasteiger charge is 2.50. The van der Waals surface area contributed by atoms with Gasteiger partial charge in [0.15, 0.2) is 6.61 Å². The van der Waals surface area contributed by atoms with Gasteiger partial charge in [-0.05, 0) is 85.3 Å². The molecule has 4 rings (SSSR count). The Labute approximate surface area is 227 Å². The first-order valence-electron chi connectivity index (χ1n) is 13.5. The normalized spacial score (nSPS) is 22.2. The van der Waals surface area contributed by atoms with Crippen molar-refractivity contribution in [2.75, 3.05) is 17.9 Å². The van der Waals surface area contributed by atoms with Crippen LogP contribution in [0, 0.1) is 17.8 Å². The molecule has 38 heavy (non-hydrogen) atoms. The molecule has 1 N–H and O–H groups in total. The number of carbonyl (C=O) groups excluding carboxylic acids is 2. The van der Waals surface area contributed by atoms with E-state index in [2.05, 4.69) is 32.4 Å². The van der Waals surface area contributed by atoms with E-state index in [1.54, 1.807) is 25.1 Å². The second-order valence-corrected chi connectivity index (χ2v) is 13.8. The minimum atomic E-state index is -3.93. The van der Waals surface area contributed by atoms with Gasteiger partial charge in [0.2, 0.25) is 0 Å². The molecule has 2 aliphatic rings. The summed E-state index contributed by atoms with van der Waals surface area (Å²) in [5.74, 6) is -0.919. The van der Waals surface area contributed by atoms with Crippen molar-refractivity contribution in [2.45, 2.75) is 84.1 Å². The van der Waals surface area contributed by atoms with Crippen LogP contribution in [0.25, 0.3) is 0 Å². The quantitative estimate of drug-likeness (QED) is 0.411. The number of fused-ring (bicyclic) bond motifs is 2. The van der Waals surface area contributed by atoms with Gasteiger partial charge in [0.05, 0.1) is 10.5 Å². The predicted molar refractivity (Wildman–Crippen MR) is 149 cm³/mol. The van der Waals surface area contributed by atoms with Crippen molar-refractivity contribution in [3.63, 3.8) is 0 Å². The summed E-state index contributed by atoms with van der Waals surface area (Å²) in [7, 11) is -3.93. The zero-order valence-electron chi connectivity index (χ0n) is 23.2. The Morgan fingerprint density at radius 1 is 1.08 bits per heavy atom. The third-order valence-corrected chi connectivity index (χ3v) is 9.32. The number of hydrogen-bond donors (Lipinski definition) is 1. The van der Waals surface area contributed by atoms with Crippen molar-refractivity contribution < 1.29 is 22.7 Å². The van der Waals surface area contributed by atoms with Crippen LogP contribution >= 0.6 is 0 Å². The zero-order chi connectivity index (χ0) is 27.7. The van der Waals surface area contributed by atoms with Gasteiger partial charge in [-0.15, -0.1) is 0 Å². The molecule has 2 aromatic rings. The van der Waals surface area contributed by atoms with E-state index in [0.29, 0.717) is 17.8 Å². The van der Waals surface area contributed by atoms with Crippen molar-refractivity contribution in [1.29, 1.82) is 0 Å². The maximum atomic E-state index is 13.2. The number of unbranched alkanes of at least 4 members (excludes halogenated alkanes) is 1. The van der Waals surface area contributed by atoms with Crippen LogP contribution in [-0.2, 0) is 26.0 Å². The Hall–Kier alpha value is -2.87. The summed E-state index contributed by atoms with van der Waals surface area (Å²) < 4.78 is 34.3. The van der Waals surface area contributed by atoms with Crippen LogP contribution < -0.4 is 4.72 Å². The van der Waals surface area contributed by atoms with E-state index in [0.717, 1.165) is 44.1 Å². The first-order valence-corrected chi connectivity index (χ1v) is 15.0. The van der Waals surface area contributed by atoms with Crippen molar-refractivity contribution in [3.8, 4) is 0 Å². The number of benzene rings is 2. The molecule has 1 heterocycles. The molecule has 2 fully saturated rings. The number of nitrogens with one attached hydrogen (secondary N) is 1. The number of amides is 1. The predicted octanol–water partition coefficient (Wildman–Crippen LogP) is 5.72. The maximum Gasteiger partial charge on any atom is 0.338 e. The fraction of sp³-hybridized carbons (Fsp3) is 0.533. The molecule has 7 nitrogen and oxygen atoms in total. The maximum absolute atomic E-state index is 13.2. The second kappa shape index (κ2) is 10.7. The molecule has 2 unspecified atom stereocenters. The van der Waals surface area contributed by atoms with E-state index in [9.17, 15) is 18.0 Å². The fourth-order valence-electron chi connectivity index (χ4n) is 6.39. The highest BCUT2D eigenvalue weighted by molar-refractivity contribution is 7.92. The Balaban J connectivity index is 1.41. The van der Waals surface area contributed by atoms with E-state index < -0.39 is 16.0 Å². The van der Waals surface area contributed by atoms with Crippen LogP contribution in [0.1, 0.15) is 81.3 Å². The Morgan fingerprint density at radius 2 is 1.79 bits per heavy atom. The third kappa shape index (κ3) is 6.40. The van der Waals surface area contributed by atoms with Gasteiger partial charge in [-0.3, -0.25) is 9.52 Å². The van der Waals surface area contributed by atoms with Crippen molar-refractivity contribution in [2.24, 2.45) is 10.8 Å². The Morgan fingerprint density at radius 3 is 2.47 bits per heavy atom. The van der Waals surface area contributed by atoms with Gasteiger partial charge in [0.1, 0.15) is 0 Å². The lowest BCUT2D eigenvalue weighted by molar-refractivity contribution is -0.135. The number of nitrogens with zero attached hydrogens (tertiary/aromatic N) is 1.